The number of fused-ring (bicyclic) bond motifs is 2. The minimum Gasteiger partial charge on any atom is -0.477 e. The van der Waals surface area contributed by atoms with Gasteiger partial charge in [-0.05, 0) is 34.5 Å². The van der Waals surface area contributed by atoms with Crippen molar-refractivity contribution >= 4 is 85.0 Å². The van der Waals surface area contributed by atoms with Crippen LogP contribution in [0.1, 0.15) is 0 Å². The molecule has 2 aliphatic rings. The number of nitrogens with one attached hydrogen (secondary N) is 2. The van der Waals surface area contributed by atoms with Crippen molar-refractivity contribution in [3.05, 3.63) is 81.7 Å². The topological polar surface area (TPSA) is 133 Å². The zero-order valence-electron chi connectivity index (χ0n) is 20.6. The Morgan fingerprint density at radius 1 is 1.18 bits per heavy atom. The average Bonchev–Trinajstić information content (AvgIpc) is 3.39. The molecular formula is C26H22ClN3O6S4. The number of carboxylic acid groups (broad SMARTS) is 1. The summed E-state index contributed by atoms with van der Waals surface area (Å²) in [4.78, 5) is 39.7. The molecule has 3 aromatic rings. The lowest BCUT2D eigenvalue weighted by Gasteiger charge is -2.49. The molecule has 40 heavy (non-hydrogen) atoms. The van der Waals surface area contributed by atoms with Crippen molar-refractivity contribution in [3.63, 3.8) is 0 Å². The highest BCUT2D eigenvalue weighted by atomic mass is 35.5. The number of benzene rings is 2. The third kappa shape index (κ3) is 6.09. The van der Waals surface area contributed by atoms with Crippen molar-refractivity contribution in [1.29, 1.82) is 0 Å². The minimum absolute atomic E-state index is 0.0485. The fourth-order valence-electron chi connectivity index (χ4n) is 4.27. The van der Waals surface area contributed by atoms with Gasteiger partial charge in [-0.3, -0.25) is 14.5 Å². The number of thiophene rings is 1. The Balaban J connectivity index is 1.18. The summed E-state index contributed by atoms with van der Waals surface area (Å²) < 4.78 is 27.4. The van der Waals surface area contributed by atoms with E-state index < -0.39 is 33.3 Å². The third-order valence-electron chi connectivity index (χ3n) is 6.17. The standard InChI is InChI=1S/C26H22ClN3O6S4/c27-20-11-19(13-38-20)40(35,36)28-9-3-6-17-12-39-25-22(24(32)30(25)23(17)26(33)34)29-21(31)14-37-18-8-7-15-4-1-2-5-16(15)10-18/h1-8,10-11,13,22,25,28H,9,12,14H2,(H,29,31)(H,33,34)/b6-3+/t22-,25-/m1/s1. The first-order valence-electron chi connectivity index (χ1n) is 11.9. The Labute approximate surface area is 247 Å². The van der Waals surface area contributed by atoms with Gasteiger partial charge in [0.05, 0.1) is 15.0 Å². The average molecular weight is 636 g/mol. The van der Waals surface area contributed by atoms with E-state index in [2.05, 4.69) is 10.0 Å². The summed E-state index contributed by atoms with van der Waals surface area (Å²) >= 11 is 9.60. The van der Waals surface area contributed by atoms with Crippen LogP contribution in [0.25, 0.3) is 10.8 Å². The first-order valence-corrected chi connectivity index (χ1v) is 16.6. The summed E-state index contributed by atoms with van der Waals surface area (Å²) in [6.07, 6.45) is 2.98. The van der Waals surface area contributed by atoms with Gasteiger partial charge in [0.1, 0.15) is 17.1 Å². The normalized spacial score (nSPS) is 19.1. The minimum atomic E-state index is -3.76. The highest BCUT2D eigenvalue weighted by Gasteiger charge is 2.53. The van der Waals surface area contributed by atoms with Crippen LogP contribution in [0, 0.1) is 0 Å². The summed E-state index contributed by atoms with van der Waals surface area (Å²) in [5.74, 6) is -1.70. The Hall–Kier alpha value is -2.81. The van der Waals surface area contributed by atoms with Gasteiger partial charge in [-0.2, -0.15) is 0 Å². The van der Waals surface area contributed by atoms with Gasteiger partial charge in [0, 0.05) is 22.6 Å². The van der Waals surface area contributed by atoms with Gasteiger partial charge in [0.25, 0.3) is 5.91 Å². The summed E-state index contributed by atoms with van der Waals surface area (Å²) in [7, 11) is -3.76. The molecule has 0 unspecified atom stereocenters. The molecule has 3 N–H and O–H groups in total. The zero-order valence-corrected chi connectivity index (χ0v) is 24.6. The molecule has 9 nitrogen and oxygen atoms in total. The summed E-state index contributed by atoms with van der Waals surface area (Å²) in [5, 5.41) is 15.6. The number of halogens is 1. The van der Waals surface area contributed by atoms with Crippen LogP contribution in [0.2, 0.25) is 4.34 Å². The lowest BCUT2D eigenvalue weighted by Crippen LogP contribution is -2.70. The van der Waals surface area contributed by atoms with E-state index in [-0.39, 0.29) is 34.6 Å². The van der Waals surface area contributed by atoms with E-state index in [9.17, 15) is 27.9 Å². The lowest BCUT2D eigenvalue weighted by atomic mass is 10.0. The number of carboxylic acids is 1. The summed E-state index contributed by atoms with van der Waals surface area (Å²) in [6.45, 7) is -0.0816. The number of β-lactam (4-membered cyclic amide) rings is 1. The number of carbonyl (C=O) groups excluding carboxylic acids is 2. The van der Waals surface area contributed by atoms with Crippen molar-refractivity contribution in [3.8, 4) is 0 Å². The van der Waals surface area contributed by atoms with Crippen LogP contribution in [0.5, 0.6) is 0 Å². The Bertz CT molecular complexity index is 1670. The molecule has 0 radical (unpaired) electrons. The molecule has 14 heteroatoms. The van der Waals surface area contributed by atoms with Crippen LogP contribution in [0.15, 0.2) is 87.1 Å². The molecule has 5 rings (SSSR count). The first kappa shape index (κ1) is 28.7. The van der Waals surface area contributed by atoms with Crippen molar-refractivity contribution in [2.45, 2.75) is 21.2 Å². The molecule has 3 heterocycles. The number of allylic oxidation sites excluding steroid dienone is 1. The fraction of sp³-hybridized carbons (Fsp3) is 0.192. The van der Waals surface area contributed by atoms with Gasteiger partial charge >= 0.3 is 5.97 Å². The van der Waals surface area contributed by atoms with E-state index >= 15 is 0 Å². The molecule has 0 spiro atoms. The van der Waals surface area contributed by atoms with Crippen LogP contribution < -0.4 is 10.0 Å². The predicted octanol–water partition coefficient (Wildman–Crippen LogP) is 3.92. The van der Waals surface area contributed by atoms with Crippen molar-refractivity contribution in [2.75, 3.05) is 18.1 Å². The fourth-order valence-corrected chi connectivity index (χ4v) is 8.63. The number of nitrogens with zero attached hydrogens (tertiary/aromatic N) is 1. The maximum atomic E-state index is 12.9. The molecule has 0 aliphatic carbocycles. The second-order valence-corrected chi connectivity index (χ2v) is 14.2. The van der Waals surface area contributed by atoms with E-state index in [1.807, 2.05) is 42.5 Å². The Morgan fingerprint density at radius 2 is 1.95 bits per heavy atom. The van der Waals surface area contributed by atoms with E-state index in [0.29, 0.717) is 9.91 Å². The maximum absolute atomic E-state index is 12.9. The van der Waals surface area contributed by atoms with Gasteiger partial charge in [0.15, 0.2) is 0 Å². The second kappa shape index (κ2) is 12.0. The van der Waals surface area contributed by atoms with Crippen LogP contribution in [0.3, 0.4) is 0 Å². The van der Waals surface area contributed by atoms with Crippen molar-refractivity contribution in [1.82, 2.24) is 14.9 Å². The number of rotatable bonds is 10. The number of hydrogen-bond donors (Lipinski definition) is 3. The first-order chi connectivity index (χ1) is 19.1. The highest BCUT2D eigenvalue weighted by Crippen LogP contribution is 2.40. The van der Waals surface area contributed by atoms with Crippen LogP contribution >= 0.6 is 46.5 Å². The van der Waals surface area contributed by atoms with Crippen LogP contribution in [-0.2, 0) is 24.4 Å². The number of amides is 2. The SMILES string of the molecule is O=C(CSc1ccc2ccccc2c1)N[C@@H]1C(=O)N2C(C(=O)O)=C(/C=C/CNS(=O)(=O)c3csc(Cl)c3)CS[C@H]12. The monoisotopic (exact) mass is 635 g/mol. The third-order valence-corrected chi connectivity index (χ3v) is 11.1. The molecule has 2 amide bonds. The molecule has 208 valence electrons. The number of hydrogen-bond acceptors (Lipinski definition) is 8. The zero-order chi connectivity index (χ0) is 28.4. The van der Waals surface area contributed by atoms with Crippen LogP contribution in [0.4, 0.5) is 0 Å². The molecule has 2 aliphatic heterocycles. The van der Waals surface area contributed by atoms with Crippen molar-refractivity contribution in [2.24, 2.45) is 0 Å². The van der Waals surface area contributed by atoms with E-state index in [0.717, 1.165) is 27.0 Å². The van der Waals surface area contributed by atoms with Crippen molar-refractivity contribution < 1.29 is 27.9 Å². The summed E-state index contributed by atoms with van der Waals surface area (Å²) in [6, 6.07) is 14.4. The highest BCUT2D eigenvalue weighted by molar-refractivity contribution is 8.00. The molecule has 0 bridgehead atoms. The molecular weight excluding hydrogens is 614 g/mol. The molecule has 0 saturated carbocycles. The van der Waals surface area contributed by atoms with Gasteiger partial charge in [-0.1, -0.05) is 54.1 Å². The predicted molar refractivity (Wildman–Crippen MR) is 158 cm³/mol. The number of carbonyl (C=O) groups is 3. The lowest BCUT2D eigenvalue weighted by molar-refractivity contribution is -0.150. The molecule has 2 aromatic carbocycles. The second-order valence-electron chi connectivity index (χ2n) is 8.77. The number of aliphatic carboxylic acids is 1. The van der Waals surface area contributed by atoms with E-state index in [1.165, 1.54) is 52.0 Å². The van der Waals surface area contributed by atoms with Gasteiger partial charge in [0.2, 0.25) is 15.9 Å². The molecule has 1 fully saturated rings. The summed E-state index contributed by atoms with van der Waals surface area (Å²) in [5.41, 5.74) is 0.199. The van der Waals surface area contributed by atoms with E-state index in [4.69, 9.17) is 11.6 Å². The molecule has 2 atom stereocenters. The number of sulfonamides is 1. The Kier molecular flexibility index (Phi) is 8.59. The molecule has 1 saturated heterocycles. The van der Waals surface area contributed by atoms with Gasteiger partial charge in [-0.15, -0.1) is 34.9 Å². The van der Waals surface area contributed by atoms with Crippen LogP contribution in [-0.4, -0.2) is 65.7 Å². The Morgan fingerprint density at radius 3 is 2.67 bits per heavy atom. The smallest absolute Gasteiger partial charge is 0.352 e. The number of thioether (sulfide) groups is 2. The van der Waals surface area contributed by atoms with E-state index in [1.54, 1.807) is 0 Å². The maximum Gasteiger partial charge on any atom is 0.352 e. The quantitative estimate of drug-likeness (QED) is 0.226. The largest absolute Gasteiger partial charge is 0.477 e. The van der Waals surface area contributed by atoms with Gasteiger partial charge < -0.3 is 10.4 Å². The van der Waals surface area contributed by atoms with Gasteiger partial charge in [-0.25, -0.2) is 17.9 Å². The molecule has 1 aromatic heterocycles.